The molecule has 0 bridgehead atoms. The number of fused-ring (bicyclic) bond motifs is 1. The number of rotatable bonds is 5. The molecule has 0 radical (unpaired) electrons. The zero-order valence-corrected chi connectivity index (χ0v) is 18.2. The molecule has 0 unspecified atom stereocenters. The number of carbonyl (C=O) groups is 2. The van der Waals surface area contributed by atoms with Crippen molar-refractivity contribution >= 4 is 29.2 Å². The molecule has 156 valence electrons. The van der Waals surface area contributed by atoms with Gasteiger partial charge in [0.05, 0.1) is 24.4 Å². The van der Waals surface area contributed by atoms with E-state index in [1.165, 1.54) is 0 Å². The molecule has 2 aromatic rings. The maximum Gasteiger partial charge on any atom is 0.336 e. The molecule has 2 heterocycles. The van der Waals surface area contributed by atoms with E-state index in [2.05, 4.69) is 0 Å². The van der Waals surface area contributed by atoms with Gasteiger partial charge in [-0.2, -0.15) is 0 Å². The largest absolute Gasteiger partial charge is 0.469 e. The normalized spacial score (nSPS) is 23.8. The molecule has 0 amide bonds. The van der Waals surface area contributed by atoms with E-state index in [1.54, 1.807) is 24.9 Å². The van der Waals surface area contributed by atoms with E-state index in [-0.39, 0.29) is 24.2 Å². The zero-order chi connectivity index (χ0) is 21.3. The molecule has 0 N–H and O–H groups in total. The number of Topliss-reactive ketones (excluding diaryl/α,β-unsaturated/α-hetero) is 1. The topological polar surface area (TPSA) is 68.9 Å². The molecule has 1 aliphatic carbocycles. The lowest BCUT2D eigenvalue weighted by atomic mass is 9.67. The fourth-order valence-corrected chi connectivity index (χ4v) is 4.95. The number of ketones is 1. The Morgan fingerprint density at radius 1 is 1.20 bits per heavy atom. The molecule has 1 aromatic heterocycles. The van der Waals surface area contributed by atoms with Crippen LogP contribution in [0.15, 0.2) is 68.2 Å². The van der Waals surface area contributed by atoms with Gasteiger partial charge in [0.2, 0.25) is 0 Å². The Labute approximate surface area is 180 Å². The highest BCUT2D eigenvalue weighted by atomic mass is 32.2. The molecule has 3 atom stereocenters. The first-order valence-electron chi connectivity index (χ1n) is 10.2. The Morgan fingerprint density at radius 3 is 2.60 bits per heavy atom. The van der Waals surface area contributed by atoms with E-state index < -0.39 is 11.9 Å². The van der Waals surface area contributed by atoms with Crippen molar-refractivity contribution in [3.8, 4) is 0 Å². The average molecular weight is 424 g/mol. The van der Waals surface area contributed by atoms with Crippen LogP contribution in [-0.2, 0) is 14.3 Å². The smallest absolute Gasteiger partial charge is 0.336 e. The van der Waals surface area contributed by atoms with E-state index in [1.807, 2.05) is 49.6 Å². The maximum atomic E-state index is 13.4. The van der Waals surface area contributed by atoms with Gasteiger partial charge >= 0.3 is 5.97 Å². The van der Waals surface area contributed by atoms with Gasteiger partial charge < -0.3 is 9.15 Å². The summed E-state index contributed by atoms with van der Waals surface area (Å²) in [5, 5.41) is 0. The third-order valence-corrected chi connectivity index (χ3v) is 6.61. The molecule has 1 aliphatic heterocycles. The minimum Gasteiger partial charge on any atom is -0.469 e. The monoisotopic (exact) mass is 423 g/mol. The average Bonchev–Trinajstić information content (AvgIpc) is 3.28. The van der Waals surface area contributed by atoms with Crippen LogP contribution in [0.4, 0.5) is 0 Å². The summed E-state index contributed by atoms with van der Waals surface area (Å²) in [6, 6.07) is 11.8. The van der Waals surface area contributed by atoms with Gasteiger partial charge in [-0.25, -0.2) is 4.79 Å². The molecule has 2 aliphatic rings. The van der Waals surface area contributed by atoms with E-state index in [9.17, 15) is 9.59 Å². The van der Waals surface area contributed by atoms with Crippen LogP contribution < -0.4 is 0 Å². The lowest BCUT2D eigenvalue weighted by Crippen LogP contribution is -2.41. The zero-order valence-electron chi connectivity index (χ0n) is 17.4. The number of ether oxygens (including phenoxy) is 1. The Balaban J connectivity index is 1.79. The number of aliphatic imine (C=N–C) groups is 1. The third kappa shape index (κ3) is 3.76. The van der Waals surface area contributed by atoms with E-state index in [0.29, 0.717) is 24.1 Å². The Bertz CT molecular complexity index is 1000. The van der Waals surface area contributed by atoms with Gasteiger partial charge in [0.25, 0.3) is 0 Å². The Morgan fingerprint density at radius 2 is 1.97 bits per heavy atom. The number of thioether (sulfide) groups is 1. The number of benzene rings is 1. The summed E-state index contributed by atoms with van der Waals surface area (Å²) in [5.41, 5.74) is 2.90. The lowest BCUT2D eigenvalue weighted by molar-refractivity contribution is -0.139. The van der Waals surface area contributed by atoms with Gasteiger partial charge in [-0.05, 0) is 56.4 Å². The standard InChI is InChI=1S/C24H25NO4S/c1-4-28-24(27)21-14(2)25-18-12-16(20-6-5-11-29-20)13-19(26)23(18)22(21)15-7-9-17(30-3)10-8-15/h5-11,16,22-23H,4,12-13H2,1-3H3/t16-,22+,23-/m1/s1. The van der Waals surface area contributed by atoms with Crippen molar-refractivity contribution < 1.29 is 18.7 Å². The van der Waals surface area contributed by atoms with Gasteiger partial charge in [0.1, 0.15) is 11.5 Å². The summed E-state index contributed by atoms with van der Waals surface area (Å²) in [5.74, 6) is -0.327. The quantitative estimate of drug-likeness (QED) is 0.492. The van der Waals surface area contributed by atoms with Crippen molar-refractivity contribution in [1.29, 1.82) is 0 Å². The second kappa shape index (κ2) is 8.64. The van der Waals surface area contributed by atoms with Crippen molar-refractivity contribution in [2.24, 2.45) is 10.9 Å². The third-order valence-electron chi connectivity index (χ3n) is 5.87. The van der Waals surface area contributed by atoms with Crippen molar-refractivity contribution in [2.75, 3.05) is 12.9 Å². The number of carbonyl (C=O) groups excluding carboxylic acids is 2. The van der Waals surface area contributed by atoms with Crippen molar-refractivity contribution in [1.82, 2.24) is 0 Å². The highest BCUT2D eigenvalue weighted by Gasteiger charge is 2.46. The fourth-order valence-electron chi connectivity index (χ4n) is 4.55. The van der Waals surface area contributed by atoms with Gasteiger partial charge in [0.15, 0.2) is 0 Å². The van der Waals surface area contributed by atoms with Crippen LogP contribution in [0.3, 0.4) is 0 Å². The van der Waals surface area contributed by atoms with Gasteiger partial charge in [-0.15, -0.1) is 11.8 Å². The molecule has 4 rings (SSSR count). The molecule has 0 saturated heterocycles. The minimum atomic E-state index is -0.445. The van der Waals surface area contributed by atoms with Crippen molar-refractivity contribution in [2.45, 2.75) is 43.4 Å². The SMILES string of the molecule is CCOC(=O)C1=C(C)N=C2C[C@@H](c3ccco3)CC(=O)[C@@H]2[C@H]1c1ccc(SC)cc1. The lowest BCUT2D eigenvalue weighted by Gasteiger charge is -2.37. The predicted octanol–water partition coefficient (Wildman–Crippen LogP) is 5.14. The second-order valence-corrected chi connectivity index (χ2v) is 8.52. The first kappa shape index (κ1) is 20.7. The molecule has 0 spiro atoms. The highest BCUT2D eigenvalue weighted by molar-refractivity contribution is 7.98. The summed E-state index contributed by atoms with van der Waals surface area (Å²) in [7, 11) is 0. The van der Waals surface area contributed by atoms with Gasteiger partial charge in [-0.3, -0.25) is 9.79 Å². The molecular weight excluding hydrogens is 398 g/mol. The van der Waals surface area contributed by atoms with Crippen LogP contribution in [0.5, 0.6) is 0 Å². The molecule has 30 heavy (non-hydrogen) atoms. The number of hydrogen-bond acceptors (Lipinski definition) is 6. The highest BCUT2D eigenvalue weighted by Crippen LogP contribution is 2.46. The molecular formula is C24H25NO4S. The maximum absolute atomic E-state index is 13.4. The predicted molar refractivity (Wildman–Crippen MR) is 117 cm³/mol. The van der Waals surface area contributed by atoms with E-state index in [4.69, 9.17) is 14.1 Å². The van der Waals surface area contributed by atoms with Crippen LogP contribution in [0.2, 0.25) is 0 Å². The molecule has 1 saturated carbocycles. The number of furan rings is 1. The van der Waals surface area contributed by atoms with Gasteiger partial charge in [-0.1, -0.05) is 12.1 Å². The molecule has 1 fully saturated rings. The minimum absolute atomic E-state index is 0.0149. The first-order chi connectivity index (χ1) is 14.5. The second-order valence-electron chi connectivity index (χ2n) is 7.64. The first-order valence-corrected chi connectivity index (χ1v) is 11.4. The van der Waals surface area contributed by atoms with Crippen LogP contribution >= 0.6 is 11.8 Å². The molecule has 1 aromatic carbocycles. The molecule has 6 heteroatoms. The Hall–Kier alpha value is -2.60. The van der Waals surface area contributed by atoms with Crippen LogP contribution in [0.25, 0.3) is 0 Å². The van der Waals surface area contributed by atoms with Crippen LogP contribution in [0.1, 0.15) is 49.8 Å². The van der Waals surface area contributed by atoms with Crippen LogP contribution in [-0.4, -0.2) is 30.3 Å². The fraction of sp³-hybridized carbons (Fsp3) is 0.375. The van der Waals surface area contributed by atoms with Gasteiger partial charge in [0, 0.05) is 34.6 Å². The number of nitrogens with zero attached hydrogens (tertiary/aromatic N) is 1. The summed E-state index contributed by atoms with van der Waals surface area (Å²) in [4.78, 5) is 32.1. The number of allylic oxidation sites excluding steroid dienone is 1. The summed E-state index contributed by atoms with van der Waals surface area (Å²) in [6.07, 6.45) is 4.69. The van der Waals surface area contributed by atoms with Crippen molar-refractivity contribution in [3.05, 3.63) is 65.3 Å². The Kier molecular flexibility index (Phi) is 5.95. The van der Waals surface area contributed by atoms with Crippen molar-refractivity contribution in [3.63, 3.8) is 0 Å². The summed E-state index contributed by atoms with van der Waals surface area (Å²) >= 11 is 1.66. The van der Waals surface area contributed by atoms with Crippen LogP contribution in [0, 0.1) is 5.92 Å². The molecule has 5 nitrogen and oxygen atoms in total. The number of hydrogen-bond donors (Lipinski definition) is 0. The summed E-state index contributed by atoms with van der Waals surface area (Å²) in [6.45, 7) is 3.90. The summed E-state index contributed by atoms with van der Waals surface area (Å²) < 4.78 is 10.9. The van der Waals surface area contributed by atoms with E-state index in [0.717, 1.165) is 21.9 Å². The van der Waals surface area contributed by atoms with E-state index >= 15 is 0 Å². The number of esters is 1.